The maximum atomic E-state index is 13.9. The second-order valence-electron chi connectivity index (χ2n) is 8.50. The maximum Gasteiger partial charge on any atom is 0.270 e. The van der Waals surface area contributed by atoms with Crippen LogP contribution in [0.25, 0.3) is 0 Å². The van der Waals surface area contributed by atoms with E-state index >= 15 is 0 Å². The molecule has 12 heteroatoms. The van der Waals surface area contributed by atoms with Crippen molar-refractivity contribution in [2.24, 2.45) is 5.73 Å². The number of nitrogens with one attached hydrogen (secondary N) is 1. The van der Waals surface area contributed by atoms with Gasteiger partial charge in [-0.05, 0) is 53.7 Å². The average Bonchev–Trinajstić information content (AvgIpc) is 3.54. The SMILES string of the molecule is NC(=O)c1nsc(C(=O)N(Cc2ccccc2Cl)C(C(=O)NCC2CCCO2)c2ccc(F)cc2)c1N. The Morgan fingerprint density at radius 2 is 1.95 bits per heavy atom. The Hall–Kier alpha value is -3.54. The predicted molar refractivity (Wildman–Crippen MR) is 137 cm³/mol. The van der Waals surface area contributed by atoms with Gasteiger partial charge in [-0.1, -0.05) is 41.9 Å². The van der Waals surface area contributed by atoms with Gasteiger partial charge in [0.05, 0.1) is 11.8 Å². The third kappa shape index (κ3) is 6.07. The van der Waals surface area contributed by atoms with Crippen LogP contribution in [-0.4, -0.2) is 46.3 Å². The number of hydrogen-bond donors (Lipinski definition) is 3. The number of carbonyl (C=O) groups excluding carboxylic acids is 3. The van der Waals surface area contributed by atoms with E-state index in [9.17, 15) is 18.8 Å². The number of nitrogens with zero attached hydrogens (tertiary/aromatic N) is 2. The van der Waals surface area contributed by atoms with Crippen molar-refractivity contribution in [1.82, 2.24) is 14.6 Å². The van der Waals surface area contributed by atoms with E-state index in [1.807, 2.05) is 0 Å². The van der Waals surface area contributed by atoms with E-state index in [1.165, 1.54) is 29.2 Å². The summed E-state index contributed by atoms with van der Waals surface area (Å²) in [6, 6.07) is 11.0. The number of benzene rings is 2. The predicted octanol–water partition coefficient (Wildman–Crippen LogP) is 3.30. The summed E-state index contributed by atoms with van der Waals surface area (Å²) in [6.45, 7) is 0.780. The first-order chi connectivity index (χ1) is 17.8. The molecule has 2 heterocycles. The zero-order valence-corrected chi connectivity index (χ0v) is 21.2. The van der Waals surface area contributed by atoms with E-state index in [2.05, 4.69) is 9.69 Å². The molecule has 1 aromatic heterocycles. The summed E-state index contributed by atoms with van der Waals surface area (Å²) in [7, 11) is 0. The number of hydrogen-bond acceptors (Lipinski definition) is 7. The molecule has 3 amide bonds. The zero-order chi connectivity index (χ0) is 26.5. The van der Waals surface area contributed by atoms with E-state index in [4.69, 9.17) is 27.8 Å². The van der Waals surface area contributed by atoms with E-state index in [-0.39, 0.29) is 35.5 Å². The number of nitrogens with two attached hydrogens (primary N) is 2. The van der Waals surface area contributed by atoms with Gasteiger partial charge in [0.2, 0.25) is 5.91 Å². The number of ether oxygens (including phenoxy) is 1. The van der Waals surface area contributed by atoms with Crippen LogP contribution in [0.15, 0.2) is 48.5 Å². The van der Waals surface area contributed by atoms with Gasteiger partial charge >= 0.3 is 0 Å². The monoisotopic (exact) mass is 545 g/mol. The zero-order valence-electron chi connectivity index (χ0n) is 19.7. The second-order valence-corrected chi connectivity index (χ2v) is 9.68. The van der Waals surface area contributed by atoms with Crippen LogP contribution in [0.1, 0.15) is 50.2 Å². The maximum absolute atomic E-state index is 13.9. The average molecular weight is 546 g/mol. The van der Waals surface area contributed by atoms with E-state index in [0.717, 1.165) is 12.8 Å². The van der Waals surface area contributed by atoms with Crippen LogP contribution in [0.3, 0.4) is 0 Å². The molecule has 0 saturated carbocycles. The first-order valence-electron chi connectivity index (χ1n) is 11.5. The van der Waals surface area contributed by atoms with E-state index in [0.29, 0.717) is 34.3 Å². The highest BCUT2D eigenvalue weighted by Crippen LogP contribution is 2.31. The van der Waals surface area contributed by atoms with Gasteiger partial charge in [0, 0.05) is 24.7 Å². The van der Waals surface area contributed by atoms with Crippen LogP contribution in [0, 0.1) is 5.82 Å². The lowest BCUT2D eigenvalue weighted by Gasteiger charge is -2.32. The highest BCUT2D eigenvalue weighted by atomic mass is 35.5. The summed E-state index contributed by atoms with van der Waals surface area (Å²) < 4.78 is 23.3. The van der Waals surface area contributed by atoms with Crippen LogP contribution < -0.4 is 16.8 Å². The van der Waals surface area contributed by atoms with Crippen molar-refractivity contribution in [3.63, 3.8) is 0 Å². The lowest BCUT2D eigenvalue weighted by Crippen LogP contribution is -2.45. The molecule has 1 fully saturated rings. The summed E-state index contributed by atoms with van der Waals surface area (Å²) in [4.78, 5) is 40.5. The van der Waals surface area contributed by atoms with Crippen molar-refractivity contribution in [2.75, 3.05) is 18.9 Å². The molecule has 3 aromatic rings. The van der Waals surface area contributed by atoms with Crippen LogP contribution in [0.2, 0.25) is 5.02 Å². The van der Waals surface area contributed by atoms with Gasteiger partial charge in [-0.2, -0.15) is 4.37 Å². The number of rotatable bonds is 9. The molecule has 2 aromatic carbocycles. The molecule has 2 atom stereocenters. The van der Waals surface area contributed by atoms with Gasteiger partial charge in [-0.3, -0.25) is 14.4 Å². The molecule has 37 heavy (non-hydrogen) atoms. The topological polar surface area (TPSA) is 141 Å². The van der Waals surface area contributed by atoms with Crippen molar-refractivity contribution >= 4 is 46.5 Å². The number of halogens is 2. The second kappa shape index (κ2) is 11.7. The van der Waals surface area contributed by atoms with Crippen LogP contribution in [0.4, 0.5) is 10.1 Å². The van der Waals surface area contributed by atoms with Crippen molar-refractivity contribution in [3.8, 4) is 0 Å². The summed E-state index contributed by atoms with van der Waals surface area (Å²) in [6.07, 6.45) is 1.56. The van der Waals surface area contributed by atoms with Gasteiger partial charge in [0.1, 0.15) is 16.7 Å². The number of anilines is 1. The molecule has 1 aliphatic heterocycles. The van der Waals surface area contributed by atoms with Gasteiger partial charge < -0.3 is 26.4 Å². The fraction of sp³-hybridized carbons (Fsp3) is 0.280. The molecule has 194 valence electrons. The molecule has 0 aliphatic carbocycles. The molecule has 0 spiro atoms. The Morgan fingerprint density at radius 1 is 1.22 bits per heavy atom. The van der Waals surface area contributed by atoms with Crippen molar-refractivity contribution in [1.29, 1.82) is 0 Å². The van der Waals surface area contributed by atoms with Gasteiger partial charge in [0.15, 0.2) is 5.69 Å². The molecule has 0 bridgehead atoms. The molecule has 0 radical (unpaired) electrons. The summed E-state index contributed by atoms with van der Waals surface area (Å²) >= 11 is 7.10. The molecule has 1 saturated heterocycles. The standard InChI is InChI=1S/C25H25ClFN5O4S/c26-18-6-2-1-4-15(18)13-32(25(35)22-19(28)20(23(29)33)31-37-22)21(14-7-9-16(27)10-8-14)24(34)30-12-17-5-3-11-36-17/h1-2,4,6-10,17,21H,3,5,11-13,28H2,(H2,29,33)(H,30,34). The summed E-state index contributed by atoms with van der Waals surface area (Å²) in [5.74, 6) is -2.54. The fourth-order valence-electron chi connectivity index (χ4n) is 4.08. The van der Waals surface area contributed by atoms with Crippen LogP contribution in [-0.2, 0) is 16.1 Å². The lowest BCUT2D eigenvalue weighted by atomic mass is 10.0. The lowest BCUT2D eigenvalue weighted by molar-refractivity contribution is -0.126. The highest BCUT2D eigenvalue weighted by molar-refractivity contribution is 7.09. The van der Waals surface area contributed by atoms with Gasteiger partial charge in [-0.25, -0.2) is 4.39 Å². The van der Waals surface area contributed by atoms with Crippen molar-refractivity contribution in [3.05, 3.63) is 81.1 Å². The minimum Gasteiger partial charge on any atom is -0.395 e. The Bertz CT molecular complexity index is 1300. The fourth-order valence-corrected chi connectivity index (χ4v) is 5.04. The minimum atomic E-state index is -1.19. The summed E-state index contributed by atoms with van der Waals surface area (Å²) in [5, 5.41) is 3.24. The third-order valence-corrected chi connectivity index (χ3v) is 7.21. The van der Waals surface area contributed by atoms with Crippen molar-refractivity contribution < 1.29 is 23.5 Å². The normalized spacial score (nSPS) is 15.8. The Morgan fingerprint density at radius 3 is 2.57 bits per heavy atom. The Kier molecular flexibility index (Phi) is 8.37. The molecule has 1 aliphatic rings. The molecule has 2 unspecified atom stereocenters. The largest absolute Gasteiger partial charge is 0.395 e. The quantitative estimate of drug-likeness (QED) is 0.377. The van der Waals surface area contributed by atoms with Gasteiger partial charge in [-0.15, -0.1) is 0 Å². The van der Waals surface area contributed by atoms with E-state index in [1.54, 1.807) is 24.3 Å². The minimum absolute atomic E-state index is 0.0557. The van der Waals surface area contributed by atoms with Crippen LogP contribution >= 0.6 is 23.1 Å². The Labute approximate surface area is 221 Å². The highest BCUT2D eigenvalue weighted by Gasteiger charge is 2.35. The molecule has 4 rings (SSSR count). The third-order valence-electron chi connectivity index (χ3n) is 5.99. The number of primary amides is 1. The molecule has 5 N–H and O–H groups in total. The van der Waals surface area contributed by atoms with E-state index < -0.39 is 29.6 Å². The number of nitrogen functional groups attached to an aromatic ring is 1. The molecular formula is C25H25ClFN5O4S. The Balaban J connectivity index is 1.77. The number of aromatic nitrogens is 1. The molecular weight excluding hydrogens is 521 g/mol. The number of amides is 3. The summed E-state index contributed by atoms with van der Waals surface area (Å²) in [5.41, 5.74) is 11.9. The van der Waals surface area contributed by atoms with Gasteiger partial charge in [0.25, 0.3) is 11.8 Å². The van der Waals surface area contributed by atoms with Crippen molar-refractivity contribution in [2.45, 2.75) is 31.5 Å². The molecule has 9 nitrogen and oxygen atoms in total. The first kappa shape index (κ1) is 26.5. The number of carbonyl (C=O) groups is 3. The smallest absolute Gasteiger partial charge is 0.270 e. The first-order valence-corrected chi connectivity index (χ1v) is 12.7. The van der Waals surface area contributed by atoms with Crippen LogP contribution in [0.5, 0.6) is 0 Å².